The Hall–Kier alpha value is -2.69. The topological polar surface area (TPSA) is 50.8 Å². The van der Waals surface area contributed by atoms with Crippen LogP contribution in [-0.4, -0.2) is 32.2 Å². The van der Waals surface area contributed by atoms with E-state index in [0.29, 0.717) is 31.4 Å². The van der Waals surface area contributed by atoms with E-state index in [2.05, 4.69) is 29.3 Å². The quantitative estimate of drug-likeness (QED) is 0.943. The van der Waals surface area contributed by atoms with Crippen molar-refractivity contribution in [1.82, 2.24) is 0 Å². The van der Waals surface area contributed by atoms with Crippen LogP contribution in [0, 0.1) is 0 Å². The first-order valence-electron chi connectivity index (χ1n) is 8.24. The van der Waals surface area contributed by atoms with Gasteiger partial charge in [-0.1, -0.05) is 25.1 Å². The number of benzene rings is 2. The Morgan fingerprint density at radius 3 is 2.83 bits per heavy atom. The summed E-state index contributed by atoms with van der Waals surface area (Å²) in [5.41, 5.74) is 3.19. The molecule has 0 spiro atoms. The number of ether oxygens (including phenoxy) is 2. The number of carbonyl (C=O) groups is 1. The van der Waals surface area contributed by atoms with Crippen LogP contribution in [0.15, 0.2) is 42.5 Å². The summed E-state index contributed by atoms with van der Waals surface area (Å²) in [7, 11) is 0. The molecule has 1 atom stereocenters. The molecule has 2 aliphatic rings. The number of hydrogen-bond acceptors (Lipinski definition) is 4. The predicted molar refractivity (Wildman–Crippen MR) is 93.1 cm³/mol. The van der Waals surface area contributed by atoms with Gasteiger partial charge in [0.25, 0.3) is 0 Å². The van der Waals surface area contributed by atoms with Gasteiger partial charge >= 0.3 is 0 Å². The zero-order chi connectivity index (χ0) is 16.5. The molecule has 2 aromatic rings. The van der Waals surface area contributed by atoms with Crippen molar-refractivity contribution < 1.29 is 14.3 Å². The average molecular weight is 324 g/mol. The minimum absolute atomic E-state index is 0.0319. The summed E-state index contributed by atoms with van der Waals surface area (Å²) in [5.74, 6) is 1.82. The molecule has 24 heavy (non-hydrogen) atoms. The third-order valence-electron chi connectivity index (χ3n) is 4.46. The van der Waals surface area contributed by atoms with Crippen LogP contribution in [0.2, 0.25) is 0 Å². The van der Waals surface area contributed by atoms with E-state index in [1.165, 1.54) is 5.56 Å². The van der Waals surface area contributed by atoms with E-state index in [9.17, 15) is 4.79 Å². The second kappa shape index (κ2) is 6.07. The molecule has 4 rings (SSSR count). The molecule has 0 saturated heterocycles. The standard InChI is InChI=1S/C19H20N2O3/c1-13-11-21(16-5-3-2-4-15(13)16)12-19(22)20-14-6-7-17-18(10-14)24-9-8-23-17/h2-7,10,13H,8-9,11-12H2,1H3,(H,20,22). The fraction of sp³-hybridized carbons (Fsp3) is 0.316. The summed E-state index contributed by atoms with van der Waals surface area (Å²) in [4.78, 5) is 14.6. The first kappa shape index (κ1) is 14.9. The van der Waals surface area contributed by atoms with Crippen molar-refractivity contribution in [3.05, 3.63) is 48.0 Å². The molecule has 0 radical (unpaired) electrons. The minimum atomic E-state index is -0.0319. The van der Waals surface area contributed by atoms with Gasteiger partial charge in [-0.2, -0.15) is 0 Å². The molecular weight excluding hydrogens is 304 g/mol. The molecule has 5 heteroatoms. The van der Waals surface area contributed by atoms with Crippen molar-refractivity contribution in [3.63, 3.8) is 0 Å². The lowest BCUT2D eigenvalue weighted by atomic mass is 10.0. The van der Waals surface area contributed by atoms with Gasteiger partial charge in [0.05, 0.1) is 6.54 Å². The van der Waals surface area contributed by atoms with Crippen LogP contribution in [0.4, 0.5) is 11.4 Å². The highest BCUT2D eigenvalue weighted by Crippen LogP contribution is 2.35. The van der Waals surface area contributed by atoms with Gasteiger partial charge in [-0.25, -0.2) is 0 Å². The summed E-state index contributed by atoms with van der Waals surface area (Å²) in [6.07, 6.45) is 0. The monoisotopic (exact) mass is 324 g/mol. The van der Waals surface area contributed by atoms with E-state index in [4.69, 9.17) is 9.47 Å². The van der Waals surface area contributed by atoms with Gasteiger partial charge in [0.15, 0.2) is 11.5 Å². The normalized spacial score (nSPS) is 18.2. The number of carbonyl (C=O) groups excluding carboxylic acids is 1. The second-order valence-corrected chi connectivity index (χ2v) is 6.25. The molecule has 5 nitrogen and oxygen atoms in total. The average Bonchev–Trinajstić information content (AvgIpc) is 2.91. The molecule has 0 fully saturated rings. The van der Waals surface area contributed by atoms with E-state index < -0.39 is 0 Å². The molecule has 1 unspecified atom stereocenters. The van der Waals surface area contributed by atoms with Crippen LogP contribution in [0.1, 0.15) is 18.4 Å². The lowest BCUT2D eigenvalue weighted by Gasteiger charge is -2.21. The fourth-order valence-corrected chi connectivity index (χ4v) is 3.36. The lowest BCUT2D eigenvalue weighted by molar-refractivity contribution is -0.115. The van der Waals surface area contributed by atoms with Crippen LogP contribution in [0.3, 0.4) is 0 Å². The largest absolute Gasteiger partial charge is 0.486 e. The summed E-state index contributed by atoms with van der Waals surface area (Å²) in [5, 5.41) is 2.95. The van der Waals surface area contributed by atoms with Gasteiger partial charge < -0.3 is 19.7 Å². The zero-order valence-corrected chi connectivity index (χ0v) is 13.6. The van der Waals surface area contributed by atoms with Crippen molar-refractivity contribution in [2.24, 2.45) is 0 Å². The maximum absolute atomic E-state index is 12.4. The first-order valence-corrected chi connectivity index (χ1v) is 8.24. The highest BCUT2D eigenvalue weighted by molar-refractivity contribution is 5.94. The number of hydrogen-bond donors (Lipinski definition) is 1. The molecule has 0 aliphatic carbocycles. The number of amides is 1. The maximum atomic E-state index is 12.4. The Kier molecular flexibility index (Phi) is 3.76. The second-order valence-electron chi connectivity index (χ2n) is 6.25. The Balaban J connectivity index is 1.44. The van der Waals surface area contributed by atoms with Crippen molar-refractivity contribution >= 4 is 17.3 Å². The van der Waals surface area contributed by atoms with Gasteiger partial charge in [0, 0.05) is 29.9 Å². The van der Waals surface area contributed by atoms with E-state index in [1.54, 1.807) is 0 Å². The van der Waals surface area contributed by atoms with Gasteiger partial charge in [0.1, 0.15) is 13.2 Å². The Labute approximate surface area is 141 Å². The Morgan fingerprint density at radius 2 is 1.96 bits per heavy atom. The Bertz CT molecular complexity index is 775. The predicted octanol–water partition coefficient (Wildman–Crippen LogP) is 3.02. The highest BCUT2D eigenvalue weighted by Gasteiger charge is 2.26. The number of nitrogens with zero attached hydrogens (tertiary/aromatic N) is 1. The van der Waals surface area contributed by atoms with Crippen molar-refractivity contribution in [1.29, 1.82) is 0 Å². The summed E-state index contributed by atoms with van der Waals surface area (Å²) < 4.78 is 11.0. The number of fused-ring (bicyclic) bond motifs is 2. The van der Waals surface area contributed by atoms with Gasteiger partial charge in [-0.15, -0.1) is 0 Å². The van der Waals surface area contributed by atoms with Crippen LogP contribution in [0.5, 0.6) is 11.5 Å². The molecular formula is C19H20N2O3. The van der Waals surface area contributed by atoms with Crippen molar-refractivity contribution in [2.75, 3.05) is 36.5 Å². The fourth-order valence-electron chi connectivity index (χ4n) is 3.36. The summed E-state index contributed by atoms with van der Waals surface area (Å²) in [6, 6.07) is 13.8. The smallest absolute Gasteiger partial charge is 0.243 e. The van der Waals surface area contributed by atoms with Crippen LogP contribution >= 0.6 is 0 Å². The molecule has 2 aliphatic heterocycles. The first-order chi connectivity index (χ1) is 11.7. The van der Waals surface area contributed by atoms with Gasteiger partial charge in [-0.05, 0) is 23.8 Å². The van der Waals surface area contributed by atoms with Gasteiger partial charge in [0.2, 0.25) is 5.91 Å². The summed E-state index contributed by atoms with van der Waals surface area (Å²) >= 11 is 0. The van der Waals surface area contributed by atoms with E-state index in [0.717, 1.165) is 23.7 Å². The number of nitrogens with one attached hydrogen (secondary N) is 1. The third-order valence-corrected chi connectivity index (χ3v) is 4.46. The highest BCUT2D eigenvalue weighted by atomic mass is 16.6. The SMILES string of the molecule is CC1CN(CC(=O)Nc2ccc3c(c2)OCCO3)c2ccccc21. The van der Waals surface area contributed by atoms with Gasteiger partial charge in [-0.3, -0.25) is 4.79 Å². The maximum Gasteiger partial charge on any atom is 0.243 e. The molecule has 0 bridgehead atoms. The van der Waals surface area contributed by atoms with Crippen LogP contribution in [0.25, 0.3) is 0 Å². The zero-order valence-electron chi connectivity index (χ0n) is 13.6. The number of para-hydroxylation sites is 1. The minimum Gasteiger partial charge on any atom is -0.486 e. The van der Waals surface area contributed by atoms with E-state index in [-0.39, 0.29) is 5.91 Å². The lowest BCUT2D eigenvalue weighted by Crippen LogP contribution is -2.32. The van der Waals surface area contributed by atoms with E-state index >= 15 is 0 Å². The van der Waals surface area contributed by atoms with Crippen LogP contribution < -0.4 is 19.7 Å². The molecule has 1 N–H and O–H groups in total. The van der Waals surface area contributed by atoms with E-state index in [1.807, 2.05) is 30.3 Å². The van der Waals surface area contributed by atoms with Crippen LogP contribution in [-0.2, 0) is 4.79 Å². The number of rotatable bonds is 3. The molecule has 124 valence electrons. The Morgan fingerprint density at radius 1 is 1.17 bits per heavy atom. The van der Waals surface area contributed by atoms with Crippen molar-refractivity contribution in [3.8, 4) is 11.5 Å². The third kappa shape index (κ3) is 2.77. The molecule has 2 heterocycles. The van der Waals surface area contributed by atoms with Crippen molar-refractivity contribution in [2.45, 2.75) is 12.8 Å². The molecule has 0 aromatic heterocycles. The summed E-state index contributed by atoms with van der Waals surface area (Å²) in [6.45, 7) is 4.50. The number of anilines is 2. The molecule has 0 saturated carbocycles. The molecule has 1 amide bonds. The molecule has 2 aromatic carbocycles.